The maximum Gasteiger partial charge on any atom is 0.0568 e. The monoisotopic (exact) mass is 284 g/mol. The van der Waals surface area contributed by atoms with Gasteiger partial charge in [-0.25, -0.2) is 0 Å². The summed E-state index contributed by atoms with van der Waals surface area (Å²) in [5.41, 5.74) is 2.46. The molecule has 0 fully saturated rings. The van der Waals surface area contributed by atoms with Crippen molar-refractivity contribution in [2.75, 3.05) is 0 Å². The van der Waals surface area contributed by atoms with Crippen LogP contribution in [0.1, 0.15) is 30.4 Å². The number of aryl methyl sites for hydroxylation is 2. The lowest BCUT2D eigenvalue weighted by molar-refractivity contribution is 0.0714. The average molecular weight is 284 g/mol. The molecular formula is C19H24O2. The van der Waals surface area contributed by atoms with E-state index < -0.39 is 12.2 Å². The van der Waals surface area contributed by atoms with E-state index >= 15 is 0 Å². The molecule has 2 atom stereocenters. The van der Waals surface area contributed by atoms with E-state index in [4.69, 9.17) is 0 Å². The standard InChI is InChI=1S/C19H24O2/c20-18(13-11-16-7-3-1-4-8-16)15-19(21)14-12-17-9-5-2-6-10-17/h1-10,18-21H,11-15H2/t18-,19-/m1/s1. The van der Waals surface area contributed by atoms with Gasteiger partial charge in [-0.05, 0) is 43.2 Å². The van der Waals surface area contributed by atoms with Gasteiger partial charge in [0.2, 0.25) is 0 Å². The van der Waals surface area contributed by atoms with E-state index in [0.717, 1.165) is 12.8 Å². The van der Waals surface area contributed by atoms with Crippen molar-refractivity contribution < 1.29 is 10.2 Å². The van der Waals surface area contributed by atoms with Crippen LogP contribution in [0.5, 0.6) is 0 Å². The van der Waals surface area contributed by atoms with Gasteiger partial charge in [-0.3, -0.25) is 0 Å². The predicted octanol–water partition coefficient (Wildman–Crippen LogP) is 3.36. The lowest BCUT2D eigenvalue weighted by Gasteiger charge is -2.15. The minimum absolute atomic E-state index is 0.434. The molecule has 2 N–H and O–H groups in total. The van der Waals surface area contributed by atoms with Crippen molar-refractivity contribution in [1.82, 2.24) is 0 Å². The molecule has 0 aliphatic carbocycles. The Labute approximate surface area is 127 Å². The minimum Gasteiger partial charge on any atom is -0.393 e. The number of rotatable bonds is 8. The Balaban J connectivity index is 1.66. The van der Waals surface area contributed by atoms with Crippen LogP contribution in [0.15, 0.2) is 60.7 Å². The van der Waals surface area contributed by atoms with Crippen molar-refractivity contribution in [3.05, 3.63) is 71.8 Å². The topological polar surface area (TPSA) is 40.5 Å². The highest BCUT2D eigenvalue weighted by atomic mass is 16.3. The smallest absolute Gasteiger partial charge is 0.0568 e. The van der Waals surface area contributed by atoms with Crippen LogP contribution >= 0.6 is 0 Å². The fraction of sp³-hybridized carbons (Fsp3) is 0.368. The first kappa shape index (κ1) is 15.7. The van der Waals surface area contributed by atoms with Crippen LogP contribution in [-0.4, -0.2) is 22.4 Å². The van der Waals surface area contributed by atoms with Crippen molar-refractivity contribution in [1.29, 1.82) is 0 Å². The summed E-state index contributed by atoms with van der Waals surface area (Å²) in [4.78, 5) is 0. The fourth-order valence-electron chi connectivity index (χ4n) is 2.51. The van der Waals surface area contributed by atoms with Gasteiger partial charge in [0.05, 0.1) is 12.2 Å². The SMILES string of the molecule is O[C@H](CCc1ccccc1)C[C@H](O)CCc1ccccc1. The van der Waals surface area contributed by atoms with Crippen molar-refractivity contribution in [2.24, 2.45) is 0 Å². The number of benzene rings is 2. The molecule has 0 spiro atoms. The number of aliphatic hydroxyl groups excluding tert-OH is 2. The summed E-state index contributed by atoms with van der Waals surface area (Å²) < 4.78 is 0. The average Bonchev–Trinajstić information content (AvgIpc) is 2.53. The van der Waals surface area contributed by atoms with Crippen molar-refractivity contribution >= 4 is 0 Å². The Morgan fingerprint density at radius 2 is 1.00 bits per heavy atom. The Hall–Kier alpha value is -1.64. The number of hydrogen-bond donors (Lipinski definition) is 2. The zero-order valence-electron chi connectivity index (χ0n) is 12.4. The van der Waals surface area contributed by atoms with Gasteiger partial charge in [0.25, 0.3) is 0 Å². The Morgan fingerprint density at radius 3 is 1.38 bits per heavy atom. The first-order valence-corrected chi connectivity index (χ1v) is 7.68. The van der Waals surface area contributed by atoms with Gasteiger partial charge in [0, 0.05) is 0 Å². The molecule has 2 heteroatoms. The maximum atomic E-state index is 10.0. The Kier molecular flexibility index (Phi) is 6.45. The van der Waals surface area contributed by atoms with E-state index in [9.17, 15) is 10.2 Å². The van der Waals surface area contributed by atoms with Crippen LogP contribution in [-0.2, 0) is 12.8 Å². The molecule has 0 aliphatic heterocycles. The highest BCUT2D eigenvalue weighted by molar-refractivity contribution is 5.15. The molecule has 0 aromatic heterocycles. The predicted molar refractivity (Wildman–Crippen MR) is 86.2 cm³/mol. The molecule has 112 valence electrons. The minimum atomic E-state index is -0.434. The first-order valence-electron chi connectivity index (χ1n) is 7.68. The zero-order chi connectivity index (χ0) is 14.9. The molecule has 0 amide bonds. The molecule has 2 aromatic carbocycles. The first-order chi connectivity index (χ1) is 10.2. The molecule has 0 aliphatic rings. The van der Waals surface area contributed by atoms with E-state index in [1.54, 1.807) is 0 Å². The third kappa shape index (κ3) is 6.11. The summed E-state index contributed by atoms with van der Waals surface area (Å²) in [6, 6.07) is 20.3. The fourth-order valence-corrected chi connectivity index (χ4v) is 2.51. The van der Waals surface area contributed by atoms with E-state index in [2.05, 4.69) is 24.3 Å². The largest absolute Gasteiger partial charge is 0.393 e. The maximum absolute atomic E-state index is 10.0. The van der Waals surface area contributed by atoms with Gasteiger partial charge in [-0.2, -0.15) is 0 Å². The lowest BCUT2D eigenvalue weighted by atomic mass is 9.99. The summed E-state index contributed by atoms with van der Waals surface area (Å²) in [5, 5.41) is 20.0. The Morgan fingerprint density at radius 1 is 0.619 bits per heavy atom. The highest BCUT2D eigenvalue weighted by Gasteiger charge is 2.12. The highest BCUT2D eigenvalue weighted by Crippen LogP contribution is 2.12. The number of hydrogen-bond acceptors (Lipinski definition) is 2. The van der Waals surface area contributed by atoms with Crippen LogP contribution in [0.3, 0.4) is 0 Å². The van der Waals surface area contributed by atoms with E-state index in [1.165, 1.54) is 11.1 Å². The summed E-state index contributed by atoms with van der Waals surface area (Å²) in [7, 11) is 0. The summed E-state index contributed by atoms with van der Waals surface area (Å²) in [6.45, 7) is 0. The molecule has 0 saturated carbocycles. The van der Waals surface area contributed by atoms with E-state index in [0.29, 0.717) is 19.3 Å². The van der Waals surface area contributed by atoms with Gasteiger partial charge in [0.1, 0.15) is 0 Å². The third-order valence-electron chi connectivity index (χ3n) is 3.76. The van der Waals surface area contributed by atoms with Crippen molar-refractivity contribution in [2.45, 2.75) is 44.3 Å². The van der Waals surface area contributed by atoms with Gasteiger partial charge in [0.15, 0.2) is 0 Å². The summed E-state index contributed by atoms with van der Waals surface area (Å²) in [6.07, 6.45) is 2.70. The van der Waals surface area contributed by atoms with Gasteiger partial charge in [-0.1, -0.05) is 60.7 Å². The van der Waals surface area contributed by atoms with Gasteiger partial charge in [-0.15, -0.1) is 0 Å². The van der Waals surface area contributed by atoms with Crippen LogP contribution < -0.4 is 0 Å². The van der Waals surface area contributed by atoms with Crippen molar-refractivity contribution in [3.63, 3.8) is 0 Å². The van der Waals surface area contributed by atoms with E-state index in [1.807, 2.05) is 36.4 Å². The normalized spacial score (nSPS) is 13.8. The second-order valence-corrected chi connectivity index (χ2v) is 5.59. The molecular weight excluding hydrogens is 260 g/mol. The molecule has 21 heavy (non-hydrogen) atoms. The quantitative estimate of drug-likeness (QED) is 0.780. The van der Waals surface area contributed by atoms with E-state index in [-0.39, 0.29) is 0 Å². The van der Waals surface area contributed by atoms with Crippen LogP contribution in [0, 0.1) is 0 Å². The molecule has 0 bridgehead atoms. The van der Waals surface area contributed by atoms with Crippen LogP contribution in [0.25, 0.3) is 0 Å². The summed E-state index contributed by atoms with van der Waals surface area (Å²) >= 11 is 0. The second kappa shape index (κ2) is 8.60. The van der Waals surface area contributed by atoms with Gasteiger partial charge < -0.3 is 10.2 Å². The molecule has 2 nitrogen and oxygen atoms in total. The lowest BCUT2D eigenvalue weighted by Crippen LogP contribution is -2.19. The molecule has 0 heterocycles. The molecule has 2 rings (SSSR count). The van der Waals surface area contributed by atoms with Crippen LogP contribution in [0.2, 0.25) is 0 Å². The van der Waals surface area contributed by atoms with Gasteiger partial charge >= 0.3 is 0 Å². The molecule has 2 aromatic rings. The molecule has 0 saturated heterocycles. The zero-order valence-corrected chi connectivity index (χ0v) is 12.4. The molecule has 0 unspecified atom stereocenters. The number of aliphatic hydroxyl groups is 2. The second-order valence-electron chi connectivity index (χ2n) is 5.59. The Bertz CT molecular complexity index is 448. The molecule has 0 radical (unpaired) electrons. The van der Waals surface area contributed by atoms with Crippen molar-refractivity contribution in [3.8, 4) is 0 Å². The third-order valence-corrected chi connectivity index (χ3v) is 3.76. The summed E-state index contributed by atoms with van der Waals surface area (Å²) in [5.74, 6) is 0. The van der Waals surface area contributed by atoms with Crippen LogP contribution in [0.4, 0.5) is 0 Å².